The van der Waals surface area contributed by atoms with Crippen molar-refractivity contribution in [1.82, 2.24) is 9.55 Å². The minimum Gasteiger partial charge on any atom is -0.322 e. The highest BCUT2D eigenvalue weighted by atomic mass is 35.5. The second kappa shape index (κ2) is 5.59. The molecule has 1 aromatic heterocycles. The number of nitriles is 1. The van der Waals surface area contributed by atoms with Gasteiger partial charge in [-0.2, -0.15) is 5.26 Å². The Hall–Kier alpha value is -2.31. The van der Waals surface area contributed by atoms with Crippen molar-refractivity contribution < 1.29 is 0 Å². The third kappa shape index (κ3) is 2.63. The number of hydrogen-bond acceptors (Lipinski definition) is 2. The quantitative estimate of drug-likeness (QED) is 0.685. The van der Waals surface area contributed by atoms with Crippen molar-refractivity contribution >= 4 is 22.6 Å². The lowest BCUT2D eigenvalue weighted by atomic mass is 10.1. The second-order valence-corrected chi connectivity index (χ2v) is 5.32. The molecular formula is C17H14ClN3. The highest BCUT2D eigenvalue weighted by Crippen LogP contribution is 2.20. The lowest BCUT2D eigenvalue weighted by Crippen LogP contribution is -2.03. The fraction of sp³-hybridized carbons (Fsp3) is 0.176. The zero-order valence-electron chi connectivity index (χ0n) is 11.7. The smallest absolute Gasteiger partial charge is 0.125 e. The summed E-state index contributed by atoms with van der Waals surface area (Å²) in [4.78, 5) is 4.60. The fourth-order valence-electron chi connectivity index (χ4n) is 2.44. The summed E-state index contributed by atoms with van der Waals surface area (Å²) >= 11 is 6.03. The van der Waals surface area contributed by atoms with Crippen molar-refractivity contribution in [2.45, 2.75) is 19.3 Å². The Bertz CT molecular complexity index is 826. The van der Waals surface area contributed by atoms with Gasteiger partial charge in [0, 0.05) is 6.54 Å². The molecule has 0 aliphatic rings. The van der Waals surface area contributed by atoms with Crippen LogP contribution in [0.3, 0.4) is 0 Å². The zero-order chi connectivity index (χ0) is 14.8. The number of benzene rings is 2. The Morgan fingerprint density at radius 1 is 1.19 bits per heavy atom. The predicted octanol–water partition coefficient (Wildman–Crippen LogP) is 4.00. The molecule has 104 valence electrons. The van der Waals surface area contributed by atoms with Crippen LogP contribution in [-0.2, 0) is 12.4 Å². The summed E-state index contributed by atoms with van der Waals surface area (Å²) in [5.74, 6) is 1.24. The van der Waals surface area contributed by atoms with Gasteiger partial charge in [0.15, 0.2) is 0 Å². The summed E-state index contributed by atoms with van der Waals surface area (Å²) in [5.41, 5.74) is 5.04. The van der Waals surface area contributed by atoms with Crippen LogP contribution in [0.4, 0.5) is 0 Å². The highest BCUT2D eigenvalue weighted by Gasteiger charge is 2.10. The van der Waals surface area contributed by atoms with Crippen LogP contribution in [0.2, 0.25) is 0 Å². The maximum absolute atomic E-state index is 8.85. The molecule has 0 aliphatic heterocycles. The van der Waals surface area contributed by atoms with Crippen LogP contribution in [-0.4, -0.2) is 9.55 Å². The van der Waals surface area contributed by atoms with Gasteiger partial charge in [-0.3, -0.25) is 0 Å². The van der Waals surface area contributed by atoms with Crippen LogP contribution in [0.5, 0.6) is 0 Å². The number of alkyl halides is 1. The van der Waals surface area contributed by atoms with Crippen molar-refractivity contribution in [3.63, 3.8) is 0 Å². The summed E-state index contributed by atoms with van der Waals surface area (Å²) in [5, 5.41) is 8.85. The number of aryl methyl sites for hydroxylation is 1. The largest absolute Gasteiger partial charge is 0.322 e. The van der Waals surface area contributed by atoms with Crippen molar-refractivity contribution in [2.24, 2.45) is 0 Å². The van der Waals surface area contributed by atoms with E-state index in [1.54, 1.807) is 0 Å². The summed E-state index contributed by atoms with van der Waals surface area (Å²) in [7, 11) is 0. The number of halogens is 1. The monoisotopic (exact) mass is 295 g/mol. The molecule has 2 aromatic carbocycles. The second-order valence-electron chi connectivity index (χ2n) is 5.05. The molecule has 0 N–H and O–H groups in total. The van der Waals surface area contributed by atoms with Gasteiger partial charge in [0.25, 0.3) is 0 Å². The first-order chi connectivity index (χ1) is 10.2. The van der Waals surface area contributed by atoms with Gasteiger partial charge in [-0.1, -0.05) is 18.2 Å². The number of nitrogens with zero attached hydrogens (tertiary/aromatic N) is 3. The number of hydrogen-bond donors (Lipinski definition) is 0. The van der Waals surface area contributed by atoms with E-state index in [9.17, 15) is 0 Å². The molecule has 4 heteroatoms. The maximum atomic E-state index is 8.85. The number of aromatic nitrogens is 2. The van der Waals surface area contributed by atoms with E-state index in [1.807, 2.05) is 24.3 Å². The van der Waals surface area contributed by atoms with Crippen LogP contribution in [0, 0.1) is 18.3 Å². The lowest BCUT2D eigenvalue weighted by molar-refractivity contribution is 0.778. The van der Waals surface area contributed by atoms with E-state index in [0.29, 0.717) is 18.0 Å². The van der Waals surface area contributed by atoms with E-state index in [-0.39, 0.29) is 0 Å². The summed E-state index contributed by atoms with van der Waals surface area (Å²) in [6.07, 6.45) is 0. The Kier molecular flexibility index (Phi) is 3.64. The molecule has 0 spiro atoms. The average molecular weight is 296 g/mol. The maximum Gasteiger partial charge on any atom is 0.125 e. The Morgan fingerprint density at radius 2 is 1.95 bits per heavy atom. The molecule has 3 rings (SSSR count). The molecule has 0 unspecified atom stereocenters. The van der Waals surface area contributed by atoms with Crippen LogP contribution in [0.1, 0.15) is 22.5 Å². The summed E-state index contributed by atoms with van der Waals surface area (Å²) < 4.78 is 2.13. The van der Waals surface area contributed by atoms with Gasteiger partial charge in [-0.25, -0.2) is 4.98 Å². The predicted molar refractivity (Wildman–Crippen MR) is 84.3 cm³/mol. The van der Waals surface area contributed by atoms with Crippen LogP contribution < -0.4 is 0 Å². The van der Waals surface area contributed by atoms with E-state index in [4.69, 9.17) is 16.9 Å². The van der Waals surface area contributed by atoms with Crippen molar-refractivity contribution in [1.29, 1.82) is 5.26 Å². The first kappa shape index (κ1) is 13.7. The van der Waals surface area contributed by atoms with Gasteiger partial charge in [-0.05, 0) is 42.3 Å². The zero-order valence-corrected chi connectivity index (χ0v) is 12.4. The number of fused-ring (bicyclic) bond motifs is 1. The Morgan fingerprint density at radius 3 is 2.62 bits per heavy atom. The van der Waals surface area contributed by atoms with E-state index in [2.05, 4.69) is 40.7 Å². The van der Waals surface area contributed by atoms with Gasteiger partial charge in [0.1, 0.15) is 5.82 Å². The van der Waals surface area contributed by atoms with Crippen molar-refractivity contribution in [3.05, 3.63) is 65.0 Å². The molecule has 21 heavy (non-hydrogen) atoms. The van der Waals surface area contributed by atoms with E-state index >= 15 is 0 Å². The van der Waals surface area contributed by atoms with Crippen LogP contribution >= 0.6 is 11.6 Å². The molecule has 0 bridgehead atoms. The number of rotatable bonds is 3. The first-order valence-corrected chi connectivity index (χ1v) is 7.25. The molecule has 3 nitrogen and oxygen atoms in total. The molecule has 0 radical (unpaired) electrons. The molecule has 0 atom stereocenters. The van der Waals surface area contributed by atoms with Crippen LogP contribution in [0.25, 0.3) is 11.0 Å². The molecule has 0 saturated carbocycles. The minimum absolute atomic E-state index is 0.379. The van der Waals surface area contributed by atoms with Gasteiger partial charge in [0.05, 0.1) is 28.5 Å². The van der Waals surface area contributed by atoms with E-state index in [0.717, 1.165) is 22.4 Å². The molecule has 0 saturated heterocycles. The molecule has 0 aliphatic carbocycles. The topological polar surface area (TPSA) is 41.6 Å². The van der Waals surface area contributed by atoms with Gasteiger partial charge in [-0.15, -0.1) is 11.6 Å². The van der Waals surface area contributed by atoms with Crippen LogP contribution in [0.15, 0.2) is 42.5 Å². The standard InChI is InChI=1S/C17H14ClN3/c1-12-2-7-16-15(8-12)20-17(9-18)21(16)11-14-5-3-13(10-19)4-6-14/h2-8H,9,11H2,1H3. The Labute approximate surface area is 128 Å². The summed E-state index contributed by atoms with van der Waals surface area (Å²) in [6, 6.07) is 16.0. The number of imidazole rings is 1. The minimum atomic E-state index is 0.379. The highest BCUT2D eigenvalue weighted by molar-refractivity contribution is 6.16. The molecule has 3 aromatic rings. The van der Waals surface area contributed by atoms with Crippen molar-refractivity contribution in [2.75, 3.05) is 0 Å². The van der Waals surface area contributed by atoms with Gasteiger partial charge >= 0.3 is 0 Å². The van der Waals surface area contributed by atoms with Crippen molar-refractivity contribution in [3.8, 4) is 6.07 Å². The third-order valence-corrected chi connectivity index (χ3v) is 3.77. The molecular weight excluding hydrogens is 282 g/mol. The van der Waals surface area contributed by atoms with E-state index < -0.39 is 0 Å². The van der Waals surface area contributed by atoms with Gasteiger partial charge in [0.2, 0.25) is 0 Å². The SMILES string of the molecule is Cc1ccc2c(c1)nc(CCl)n2Cc1ccc(C#N)cc1. The van der Waals surface area contributed by atoms with Gasteiger partial charge < -0.3 is 4.57 Å². The molecule has 0 amide bonds. The first-order valence-electron chi connectivity index (χ1n) is 6.72. The average Bonchev–Trinajstić information content (AvgIpc) is 2.85. The third-order valence-electron chi connectivity index (χ3n) is 3.53. The lowest BCUT2D eigenvalue weighted by Gasteiger charge is -2.08. The molecule has 0 fully saturated rings. The summed E-state index contributed by atoms with van der Waals surface area (Å²) in [6.45, 7) is 2.76. The Balaban J connectivity index is 2.04. The normalized spacial score (nSPS) is 10.7. The fourth-order valence-corrected chi connectivity index (χ4v) is 2.64. The molecule has 1 heterocycles. The van der Waals surface area contributed by atoms with E-state index in [1.165, 1.54) is 5.56 Å².